The standard InChI is InChI=1S/C72H118N18O12/c1-41(2)33-53-65(95)85-55(35-45-21-11-9-12-22-45)71(101)89-39-47(79-61(91)49(77)25-15-17-29-73)37-57(89)67(97)88-60(44(7)8)70(100)82-52(28-20-32-76)64(94)84-54(34-42(3)4)66(96)86-56(36-46-23-13-10-14-24-46)72(102)90-40-48(80-62(92)50(78)26-16-18-30-74)38-58(90)68(98)87-59(43(5)6)69(99)81-51(27-19-31-75)63(93)83-53/h9-14,21-24,41-44,47-60H,15-20,25-40,73-78H2,1-8H3,(H,79,91)(H,80,92)(H,81,99)(H,82,100)(H,83,93)(H,84,94)(H,85,95)(H,86,96)(H,87,98)(H,88,97)/t47-,48-,49+,50+,51+,52+,53+,54+,55-,56-,57+,58+,59+,60+/m1/s1. The lowest BCUT2D eigenvalue weighted by Crippen LogP contribution is -2.62. The molecule has 102 heavy (non-hydrogen) atoms. The van der Waals surface area contributed by atoms with E-state index in [0.29, 0.717) is 62.7 Å². The van der Waals surface area contributed by atoms with Crippen LogP contribution < -0.4 is 87.6 Å². The summed E-state index contributed by atoms with van der Waals surface area (Å²) in [6.07, 6.45) is 2.80. The molecule has 14 atom stereocenters. The molecule has 568 valence electrons. The van der Waals surface area contributed by atoms with Crippen molar-refractivity contribution in [3.63, 3.8) is 0 Å². The van der Waals surface area contributed by atoms with Crippen LogP contribution in [0.25, 0.3) is 0 Å². The van der Waals surface area contributed by atoms with Gasteiger partial charge in [0.1, 0.15) is 60.4 Å². The highest BCUT2D eigenvalue weighted by Gasteiger charge is 2.47. The second-order valence-electron chi connectivity index (χ2n) is 29.0. The summed E-state index contributed by atoms with van der Waals surface area (Å²) in [6.45, 7) is 14.4. The van der Waals surface area contributed by atoms with Crippen LogP contribution in [0.3, 0.4) is 0 Å². The van der Waals surface area contributed by atoms with E-state index in [1.165, 1.54) is 9.80 Å². The second-order valence-corrected chi connectivity index (χ2v) is 29.0. The van der Waals surface area contributed by atoms with E-state index >= 15 is 28.8 Å². The zero-order valence-electron chi connectivity index (χ0n) is 61.0. The molecule has 5 rings (SSSR count). The lowest BCUT2D eigenvalue weighted by Gasteiger charge is -2.33. The van der Waals surface area contributed by atoms with Crippen LogP contribution in [0.2, 0.25) is 0 Å². The minimum Gasteiger partial charge on any atom is -0.350 e. The number of hydrogen-bond donors (Lipinski definition) is 16. The second kappa shape index (κ2) is 42.4. The van der Waals surface area contributed by atoms with E-state index in [0.717, 1.165) is 0 Å². The van der Waals surface area contributed by atoms with Crippen LogP contribution in [-0.2, 0) is 70.4 Å². The molecule has 0 radical (unpaired) electrons. The van der Waals surface area contributed by atoms with Gasteiger partial charge in [-0.3, -0.25) is 57.5 Å². The normalized spacial score (nSPS) is 25.7. The molecule has 0 aromatic heterocycles. The van der Waals surface area contributed by atoms with E-state index in [1.54, 1.807) is 88.4 Å². The number of fused-ring (bicyclic) bond motifs is 2. The predicted octanol–water partition coefficient (Wildman–Crippen LogP) is -1.67. The molecule has 0 unspecified atom stereocenters. The molecule has 12 amide bonds. The first kappa shape index (κ1) is 84.5. The van der Waals surface area contributed by atoms with Gasteiger partial charge in [0.15, 0.2) is 0 Å². The Morgan fingerprint density at radius 3 is 1.04 bits per heavy atom. The fraction of sp³-hybridized carbons (Fsp3) is 0.667. The predicted molar refractivity (Wildman–Crippen MR) is 387 cm³/mol. The zero-order valence-corrected chi connectivity index (χ0v) is 61.0. The molecular weight excluding hydrogens is 1310 g/mol. The van der Waals surface area contributed by atoms with Crippen LogP contribution >= 0.6 is 0 Å². The molecule has 3 aliphatic rings. The van der Waals surface area contributed by atoms with Crippen LogP contribution in [0.1, 0.15) is 156 Å². The van der Waals surface area contributed by atoms with Gasteiger partial charge in [0.25, 0.3) is 0 Å². The number of carbonyl (C=O) groups is 12. The van der Waals surface area contributed by atoms with Crippen LogP contribution in [0, 0.1) is 23.7 Å². The molecule has 22 N–H and O–H groups in total. The van der Waals surface area contributed by atoms with E-state index in [-0.39, 0.29) is 102 Å². The van der Waals surface area contributed by atoms with Crippen LogP contribution in [0.15, 0.2) is 60.7 Å². The number of nitrogens with zero attached hydrogens (tertiary/aromatic N) is 2. The van der Waals surface area contributed by atoms with Crippen LogP contribution in [0.5, 0.6) is 0 Å². The molecular formula is C72H118N18O12. The topological polar surface area (TPSA) is 488 Å². The van der Waals surface area contributed by atoms with Crippen molar-refractivity contribution in [2.24, 2.45) is 58.1 Å². The average Bonchev–Trinajstić information content (AvgIpc) is 1.63. The number of benzene rings is 2. The van der Waals surface area contributed by atoms with Gasteiger partial charge in [-0.2, -0.15) is 0 Å². The molecule has 3 saturated heterocycles. The summed E-state index contributed by atoms with van der Waals surface area (Å²) in [5.74, 6) is -10.8. The van der Waals surface area contributed by atoms with Crippen molar-refractivity contribution in [2.75, 3.05) is 39.3 Å². The Bertz CT molecular complexity index is 2890. The van der Waals surface area contributed by atoms with Gasteiger partial charge in [-0.25, -0.2) is 0 Å². The zero-order chi connectivity index (χ0) is 75.3. The first-order chi connectivity index (χ1) is 48.5. The lowest BCUT2D eigenvalue weighted by molar-refractivity contribution is -0.143. The highest BCUT2D eigenvalue weighted by Crippen LogP contribution is 2.25. The quantitative estimate of drug-likeness (QED) is 0.0424. The maximum Gasteiger partial charge on any atom is 0.246 e. The molecule has 30 heteroatoms. The first-order valence-electron chi connectivity index (χ1n) is 36.5. The highest BCUT2D eigenvalue weighted by atomic mass is 16.2. The molecule has 30 nitrogen and oxygen atoms in total. The number of amides is 12. The molecule has 0 spiro atoms. The summed E-state index contributed by atoms with van der Waals surface area (Å²) in [5, 5.41) is 28.5. The van der Waals surface area contributed by atoms with Crippen molar-refractivity contribution in [1.82, 2.24) is 63.0 Å². The van der Waals surface area contributed by atoms with Crippen molar-refractivity contribution >= 4 is 70.9 Å². The Kier molecular flexibility index (Phi) is 35.2. The molecule has 3 fully saturated rings. The summed E-state index contributed by atoms with van der Waals surface area (Å²) in [7, 11) is 0. The minimum absolute atomic E-state index is 0.0283. The Balaban J connectivity index is 1.69. The van der Waals surface area contributed by atoms with E-state index in [9.17, 15) is 28.8 Å². The number of rotatable bonds is 28. The average molecular weight is 1430 g/mol. The maximum atomic E-state index is 15.6. The van der Waals surface area contributed by atoms with Gasteiger partial charge in [0, 0.05) is 38.0 Å². The summed E-state index contributed by atoms with van der Waals surface area (Å²) < 4.78 is 0. The number of unbranched alkanes of at least 4 members (excludes halogenated alkanes) is 2. The van der Waals surface area contributed by atoms with E-state index in [4.69, 9.17) is 34.4 Å². The summed E-state index contributed by atoms with van der Waals surface area (Å²) in [6, 6.07) is 0.0558. The fourth-order valence-corrected chi connectivity index (χ4v) is 13.0. The lowest BCUT2D eigenvalue weighted by atomic mass is 9.98. The van der Waals surface area contributed by atoms with Crippen LogP contribution in [-0.4, -0.2) is 205 Å². The van der Waals surface area contributed by atoms with Gasteiger partial charge in [-0.1, -0.05) is 129 Å². The molecule has 0 saturated carbocycles. The Hall–Kier alpha value is -8.16. The van der Waals surface area contributed by atoms with Crippen molar-refractivity contribution in [2.45, 2.75) is 243 Å². The van der Waals surface area contributed by atoms with Gasteiger partial charge in [0.2, 0.25) is 70.9 Å². The van der Waals surface area contributed by atoms with Crippen molar-refractivity contribution in [3.8, 4) is 0 Å². The monoisotopic (exact) mass is 1430 g/mol. The molecule has 3 heterocycles. The van der Waals surface area contributed by atoms with E-state index in [2.05, 4.69) is 53.2 Å². The molecule has 3 aliphatic heterocycles. The molecule has 0 bridgehead atoms. The smallest absolute Gasteiger partial charge is 0.246 e. The van der Waals surface area contributed by atoms with Crippen molar-refractivity contribution in [3.05, 3.63) is 71.8 Å². The number of hydrogen-bond acceptors (Lipinski definition) is 18. The van der Waals surface area contributed by atoms with E-state index < -0.39 is 167 Å². The van der Waals surface area contributed by atoms with Gasteiger partial charge < -0.3 is 97.4 Å². The fourth-order valence-electron chi connectivity index (χ4n) is 13.0. The van der Waals surface area contributed by atoms with Crippen molar-refractivity contribution < 1.29 is 57.5 Å². The maximum absolute atomic E-state index is 15.6. The molecule has 2 aromatic rings. The number of carbonyl (C=O) groups excluding carboxylic acids is 12. The van der Waals surface area contributed by atoms with E-state index in [1.807, 2.05) is 27.7 Å². The molecule has 0 aliphatic carbocycles. The number of nitrogens with two attached hydrogens (primary N) is 6. The number of nitrogens with one attached hydrogen (secondary N) is 10. The van der Waals surface area contributed by atoms with Crippen molar-refractivity contribution in [1.29, 1.82) is 0 Å². The SMILES string of the molecule is CC(C)C[C@@H]1NC(=O)[C@H](CCCN)NC(=O)[C@H](C(C)C)NC(=O)[C@@H]2C[C@@H](NC(=O)[C@@H](N)CCCCN)CN2C(=O)[C@@H](Cc2ccccc2)NC(=O)[C@H](CC(C)C)NC(=O)[C@H](CCCN)NC(=O)[C@H](C(C)C)NC(=O)[C@@H]2C[C@@H](NC(=O)[C@@H](N)CCCCN)CN2C(=O)[C@@H](Cc2ccccc2)NC1=O. The Morgan fingerprint density at radius 2 is 0.725 bits per heavy atom. The first-order valence-corrected chi connectivity index (χ1v) is 36.5. The van der Waals surface area contributed by atoms with Crippen LogP contribution in [0.4, 0.5) is 0 Å². The van der Waals surface area contributed by atoms with Gasteiger partial charge in [-0.05, 0) is 138 Å². The molecule has 2 aromatic carbocycles. The van der Waals surface area contributed by atoms with Gasteiger partial charge in [0.05, 0.1) is 12.1 Å². The summed E-state index contributed by atoms with van der Waals surface area (Å²) in [4.78, 5) is 181. The highest BCUT2D eigenvalue weighted by molar-refractivity contribution is 6.00. The van der Waals surface area contributed by atoms with Gasteiger partial charge in [-0.15, -0.1) is 0 Å². The Morgan fingerprint density at radius 1 is 0.412 bits per heavy atom. The third-order valence-corrected chi connectivity index (χ3v) is 18.7. The summed E-state index contributed by atoms with van der Waals surface area (Å²) >= 11 is 0. The third-order valence-electron chi connectivity index (χ3n) is 18.7. The Labute approximate surface area is 600 Å². The van der Waals surface area contributed by atoms with Gasteiger partial charge >= 0.3 is 0 Å². The minimum atomic E-state index is -1.43. The third kappa shape index (κ3) is 26.3. The largest absolute Gasteiger partial charge is 0.350 e. The summed E-state index contributed by atoms with van der Waals surface area (Å²) in [5.41, 5.74) is 37.4.